The Bertz CT molecular complexity index is 1730. The van der Waals surface area contributed by atoms with Gasteiger partial charge in [0.1, 0.15) is 11.8 Å². The monoisotopic (exact) mass is 663 g/mol. The van der Waals surface area contributed by atoms with Gasteiger partial charge >= 0.3 is 0 Å². The van der Waals surface area contributed by atoms with Crippen molar-refractivity contribution in [2.45, 2.75) is 48.4 Å². The highest BCUT2D eigenvalue weighted by Crippen LogP contribution is 2.66. The second kappa shape index (κ2) is 12.9. The summed E-state index contributed by atoms with van der Waals surface area (Å²) in [4.78, 5) is 50.0. The third kappa shape index (κ3) is 5.43. The molecule has 1 spiro atoms. The number of likely N-dealkylation sites (tertiary alicyclic amines) is 1. The van der Waals surface area contributed by atoms with E-state index in [0.717, 1.165) is 22.6 Å². The van der Waals surface area contributed by atoms with E-state index in [1.165, 1.54) is 0 Å². The smallest absolute Gasteiger partial charge is 0.247 e. The summed E-state index contributed by atoms with van der Waals surface area (Å²) >= 11 is 1.56. The summed E-state index contributed by atoms with van der Waals surface area (Å²) < 4.78 is 3.88. The number of benzene rings is 3. The van der Waals surface area contributed by atoms with Gasteiger partial charge in [-0.25, -0.2) is 0 Å². The van der Waals surface area contributed by atoms with Crippen molar-refractivity contribution in [1.29, 1.82) is 0 Å². The molecule has 0 aliphatic carbocycles. The molecule has 3 amide bonds. The molecule has 8 nitrogen and oxygen atoms in total. The fraction of sp³-hybridized carbons (Fsp3) is 0.359. The topological polar surface area (TPSA) is 90.4 Å². The Balaban J connectivity index is 1.31. The van der Waals surface area contributed by atoms with Crippen LogP contribution in [0.4, 0.5) is 5.69 Å². The zero-order chi connectivity index (χ0) is 33.5. The first-order chi connectivity index (χ1) is 23.3. The van der Waals surface area contributed by atoms with Crippen LogP contribution in [0, 0.1) is 11.8 Å². The van der Waals surface area contributed by atoms with Crippen molar-refractivity contribution in [1.82, 2.24) is 9.80 Å². The standard InChI is InChI=1S/C39H41N3O5S/c1-3-47-31-18-16-29(17-19-31)41-23-10-20-38(2)32(35(41)44)33-36(45)42(30(26-43)24-27-12-6-4-7-13-27)34-37(46)40(22-11-21-39(33,34)48-38)25-28-14-8-5-9-15-28/h4-21,30,32-34,43H,3,22-26H2,1-2H3/t30-,32-,33+,34?,38+,39+/m1/s1. The molecule has 248 valence electrons. The van der Waals surface area contributed by atoms with E-state index >= 15 is 4.79 Å². The number of aliphatic hydroxyl groups excluding tert-OH is 1. The molecule has 2 saturated heterocycles. The predicted molar refractivity (Wildman–Crippen MR) is 187 cm³/mol. The second-order valence-corrected chi connectivity index (χ2v) is 14.9. The Kier molecular flexibility index (Phi) is 8.68. The molecule has 0 bridgehead atoms. The number of carbonyl (C=O) groups excluding carboxylic acids is 3. The van der Waals surface area contributed by atoms with Crippen molar-refractivity contribution in [3.05, 3.63) is 120 Å². The number of fused-ring (bicyclic) bond motifs is 2. The Hall–Kier alpha value is -4.34. The molecule has 1 unspecified atom stereocenters. The molecule has 1 N–H and O–H groups in total. The molecule has 4 heterocycles. The molecular weight excluding hydrogens is 623 g/mol. The normalized spacial score (nSPS) is 28.5. The first-order valence-electron chi connectivity index (χ1n) is 16.7. The van der Waals surface area contributed by atoms with Gasteiger partial charge in [0, 0.05) is 30.1 Å². The first-order valence-corrected chi connectivity index (χ1v) is 17.5. The quantitative estimate of drug-likeness (QED) is 0.329. The zero-order valence-corrected chi connectivity index (χ0v) is 28.1. The molecule has 4 aliphatic heterocycles. The fourth-order valence-corrected chi connectivity index (χ4v) is 10.2. The number of hydrogen-bond donors (Lipinski definition) is 1. The molecule has 0 aromatic heterocycles. The van der Waals surface area contributed by atoms with E-state index in [4.69, 9.17) is 4.74 Å². The van der Waals surface area contributed by atoms with Crippen LogP contribution in [0.25, 0.3) is 0 Å². The van der Waals surface area contributed by atoms with Gasteiger partial charge in [0.25, 0.3) is 0 Å². The lowest BCUT2D eigenvalue weighted by Gasteiger charge is -2.40. The Morgan fingerprint density at radius 1 is 0.833 bits per heavy atom. The molecule has 48 heavy (non-hydrogen) atoms. The lowest BCUT2D eigenvalue weighted by Crippen LogP contribution is -2.57. The summed E-state index contributed by atoms with van der Waals surface area (Å²) in [6, 6.07) is 25.5. The molecule has 0 saturated carbocycles. The molecule has 9 heteroatoms. The van der Waals surface area contributed by atoms with E-state index in [-0.39, 0.29) is 24.3 Å². The van der Waals surface area contributed by atoms with Crippen LogP contribution < -0.4 is 9.64 Å². The second-order valence-electron chi connectivity index (χ2n) is 13.2. The highest BCUT2D eigenvalue weighted by Gasteiger charge is 2.74. The van der Waals surface area contributed by atoms with Crippen molar-refractivity contribution >= 4 is 35.2 Å². The molecule has 7 rings (SSSR count). The number of nitrogens with zero attached hydrogens (tertiary/aromatic N) is 3. The van der Waals surface area contributed by atoms with Crippen molar-refractivity contribution < 1.29 is 24.2 Å². The van der Waals surface area contributed by atoms with Gasteiger partial charge in [-0.1, -0.05) is 85.0 Å². The number of aliphatic hydroxyl groups is 1. The molecule has 3 aromatic rings. The molecular formula is C39H41N3O5S. The Morgan fingerprint density at radius 3 is 2.17 bits per heavy atom. The largest absolute Gasteiger partial charge is 0.494 e. The summed E-state index contributed by atoms with van der Waals surface area (Å²) in [7, 11) is 0. The number of amides is 3. The van der Waals surface area contributed by atoms with Crippen LogP contribution in [0.1, 0.15) is 25.0 Å². The molecule has 0 radical (unpaired) electrons. The number of anilines is 1. The van der Waals surface area contributed by atoms with E-state index in [9.17, 15) is 14.7 Å². The number of thioether (sulfide) groups is 1. The maximum atomic E-state index is 15.1. The van der Waals surface area contributed by atoms with Crippen molar-refractivity contribution in [2.24, 2.45) is 11.8 Å². The van der Waals surface area contributed by atoms with E-state index < -0.39 is 33.4 Å². The van der Waals surface area contributed by atoms with E-state index in [1.54, 1.807) is 26.5 Å². The van der Waals surface area contributed by atoms with Crippen molar-refractivity contribution in [3.63, 3.8) is 0 Å². The van der Waals surface area contributed by atoms with Gasteiger partial charge in [0.15, 0.2) is 0 Å². The number of ether oxygens (including phenoxy) is 1. The van der Waals surface area contributed by atoms with Gasteiger partial charge in [0.2, 0.25) is 17.7 Å². The van der Waals surface area contributed by atoms with Gasteiger partial charge in [-0.15, -0.1) is 11.8 Å². The average molecular weight is 664 g/mol. The minimum absolute atomic E-state index is 0.148. The van der Waals surface area contributed by atoms with Crippen LogP contribution in [-0.4, -0.2) is 80.5 Å². The predicted octanol–water partition coefficient (Wildman–Crippen LogP) is 4.88. The molecule has 3 aromatic carbocycles. The molecule has 4 aliphatic rings. The van der Waals surface area contributed by atoms with Gasteiger partial charge in [-0.2, -0.15) is 0 Å². The van der Waals surface area contributed by atoms with Crippen molar-refractivity contribution in [2.75, 3.05) is 31.2 Å². The average Bonchev–Trinajstić information content (AvgIpc) is 3.38. The highest BCUT2D eigenvalue weighted by molar-refractivity contribution is 8.02. The maximum Gasteiger partial charge on any atom is 0.247 e. The summed E-state index contributed by atoms with van der Waals surface area (Å²) in [5, 5.41) is 10.9. The lowest BCUT2D eigenvalue weighted by molar-refractivity contribution is -0.146. The number of rotatable bonds is 9. The minimum Gasteiger partial charge on any atom is -0.494 e. The van der Waals surface area contributed by atoms with Gasteiger partial charge in [-0.3, -0.25) is 14.4 Å². The van der Waals surface area contributed by atoms with Crippen LogP contribution in [0.3, 0.4) is 0 Å². The van der Waals surface area contributed by atoms with Crippen LogP contribution in [-0.2, 0) is 27.3 Å². The van der Waals surface area contributed by atoms with Gasteiger partial charge in [0.05, 0.1) is 35.8 Å². The third-order valence-electron chi connectivity index (χ3n) is 10.2. The minimum atomic E-state index is -1.01. The SMILES string of the molecule is CCOc1ccc(N2CC=C[C@]3(C)S[C@]45C=CCN(Cc6ccccc6)C(=O)C4N([C@@H](CO)Cc4ccccc4)C(=O)[C@@H]5[C@@H]3C2=O)cc1. The van der Waals surface area contributed by atoms with Crippen LogP contribution >= 0.6 is 11.8 Å². The van der Waals surface area contributed by atoms with E-state index in [1.807, 2.05) is 117 Å². The van der Waals surface area contributed by atoms with E-state index in [2.05, 4.69) is 6.08 Å². The Morgan fingerprint density at radius 2 is 1.50 bits per heavy atom. The highest BCUT2D eigenvalue weighted by atomic mass is 32.2. The molecule has 2 fully saturated rings. The van der Waals surface area contributed by atoms with Crippen LogP contribution in [0.5, 0.6) is 5.75 Å². The first kappa shape index (κ1) is 32.2. The summed E-state index contributed by atoms with van der Waals surface area (Å²) in [5.41, 5.74) is 2.67. The Labute approximate surface area is 286 Å². The fourth-order valence-electron chi connectivity index (χ4n) is 8.10. The summed E-state index contributed by atoms with van der Waals surface area (Å²) in [6.45, 7) is 5.32. The maximum absolute atomic E-state index is 15.1. The molecule has 6 atom stereocenters. The third-order valence-corrected chi connectivity index (χ3v) is 12.0. The number of hydrogen-bond acceptors (Lipinski definition) is 6. The van der Waals surface area contributed by atoms with Crippen molar-refractivity contribution in [3.8, 4) is 5.75 Å². The zero-order valence-electron chi connectivity index (χ0n) is 27.3. The lowest BCUT2D eigenvalue weighted by atomic mass is 9.74. The number of carbonyl (C=O) groups is 3. The van der Waals surface area contributed by atoms with E-state index in [0.29, 0.717) is 32.7 Å². The summed E-state index contributed by atoms with van der Waals surface area (Å²) in [5.74, 6) is -1.39. The summed E-state index contributed by atoms with van der Waals surface area (Å²) in [6.07, 6.45) is 8.49. The van der Waals surface area contributed by atoms with Crippen LogP contribution in [0.2, 0.25) is 0 Å². The van der Waals surface area contributed by atoms with Gasteiger partial charge in [-0.05, 0) is 55.7 Å². The van der Waals surface area contributed by atoms with Gasteiger partial charge < -0.3 is 24.5 Å². The van der Waals surface area contributed by atoms with Crippen LogP contribution in [0.15, 0.2) is 109 Å².